The monoisotopic (exact) mass is 509 g/mol. The van der Waals surface area contributed by atoms with Gasteiger partial charge >= 0.3 is 6.09 Å². The molecule has 3 aromatic rings. The quantitative estimate of drug-likeness (QED) is 0.402. The molecule has 0 unspecified atom stereocenters. The third-order valence-electron chi connectivity index (χ3n) is 6.21. The van der Waals surface area contributed by atoms with Gasteiger partial charge < -0.3 is 20.6 Å². The normalized spacial score (nSPS) is 16.6. The molecule has 1 aliphatic carbocycles. The summed E-state index contributed by atoms with van der Waals surface area (Å²) in [6.07, 6.45) is 5.84. The van der Waals surface area contributed by atoms with Crippen LogP contribution in [0.15, 0.2) is 47.2 Å². The van der Waals surface area contributed by atoms with Gasteiger partial charge in [0.25, 0.3) is 0 Å². The summed E-state index contributed by atoms with van der Waals surface area (Å²) in [7, 11) is 0. The zero-order valence-electron chi connectivity index (χ0n) is 17.9. The van der Waals surface area contributed by atoms with Crippen LogP contribution in [0.25, 0.3) is 10.9 Å². The van der Waals surface area contributed by atoms with E-state index in [1.807, 2.05) is 30.3 Å². The van der Waals surface area contributed by atoms with Crippen LogP contribution in [0.3, 0.4) is 0 Å². The van der Waals surface area contributed by atoms with Gasteiger partial charge in [-0.25, -0.2) is 9.78 Å². The molecule has 3 N–H and O–H groups in total. The second-order valence-electron chi connectivity index (χ2n) is 8.59. The Morgan fingerprint density at radius 1 is 1.03 bits per heavy atom. The Labute approximate surface area is 199 Å². The molecular formula is C24H24BrN5O3. The molecule has 1 saturated carbocycles. The molecule has 0 radical (unpaired) electrons. The van der Waals surface area contributed by atoms with E-state index in [9.17, 15) is 9.59 Å². The first-order valence-electron chi connectivity index (χ1n) is 11.1. The molecule has 1 aromatic carbocycles. The molecule has 0 atom stereocenters. The number of amides is 1. The highest BCUT2D eigenvalue weighted by Crippen LogP contribution is 2.38. The van der Waals surface area contributed by atoms with Gasteiger partial charge in [-0.2, -0.15) is 0 Å². The second kappa shape index (κ2) is 8.97. The van der Waals surface area contributed by atoms with Gasteiger partial charge in [-0.05, 0) is 56.0 Å². The Hall–Kier alpha value is -3.20. The van der Waals surface area contributed by atoms with Crippen molar-refractivity contribution in [3.05, 3.63) is 52.8 Å². The molecule has 170 valence electrons. The van der Waals surface area contributed by atoms with Crippen molar-refractivity contribution in [2.75, 3.05) is 23.3 Å². The highest BCUT2D eigenvalue weighted by atomic mass is 79.9. The van der Waals surface area contributed by atoms with E-state index in [1.165, 1.54) is 0 Å². The minimum absolute atomic E-state index is 0.0126. The smallest absolute Gasteiger partial charge is 0.404 e. The Morgan fingerprint density at radius 2 is 1.82 bits per heavy atom. The largest absolute Gasteiger partial charge is 0.465 e. The number of nitrogens with one attached hydrogen (secondary N) is 2. The molecular weight excluding hydrogens is 486 g/mol. The number of ketones is 1. The first-order valence-corrected chi connectivity index (χ1v) is 11.9. The summed E-state index contributed by atoms with van der Waals surface area (Å²) < 4.78 is 0.921. The number of piperidine rings is 1. The standard InChI is InChI=1S/C24H24BrN5O3/c25-15-3-5-20-18(11-15)22(19(13-26-20)23(31)14-1-2-14)28-17-4-6-21(27-12-17)30-9-7-16(8-10-30)29-24(32)33/h3-6,11-14,16,29H,1-2,7-10H2,(H,26,28)(H,32,33). The van der Waals surface area contributed by atoms with Gasteiger partial charge in [0.2, 0.25) is 0 Å². The molecule has 5 rings (SSSR count). The van der Waals surface area contributed by atoms with E-state index in [1.54, 1.807) is 12.4 Å². The van der Waals surface area contributed by atoms with Crippen molar-refractivity contribution in [2.24, 2.45) is 5.92 Å². The van der Waals surface area contributed by atoms with Crippen molar-refractivity contribution < 1.29 is 14.7 Å². The lowest BCUT2D eigenvalue weighted by Crippen LogP contribution is -2.44. The van der Waals surface area contributed by atoms with E-state index in [-0.39, 0.29) is 17.7 Å². The summed E-state index contributed by atoms with van der Waals surface area (Å²) in [6.45, 7) is 1.49. The highest BCUT2D eigenvalue weighted by molar-refractivity contribution is 9.10. The van der Waals surface area contributed by atoms with Crippen LogP contribution in [0.1, 0.15) is 36.0 Å². The van der Waals surface area contributed by atoms with Crippen molar-refractivity contribution in [2.45, 2.75) is 31.7 Å². The molecule has 8 nitrogen and oxygen atoms in total. The maximum atomic E-state index is 12.9. The molecule has 1 aliphatic heterocycles. The predicted molar refractivity (Wildman–Crippen MR) is 130 cm³/mol. The molecule has 3 heterocycles. The van der Waals surface area contributed by atoms with Crippen molar-refractivity contribution in [3.8, 4) is 0 Å². The molecule has 1 amide bonds. The number of carboxylic acid groups (broad SMARTS) is 1. The average Bonchev–Trinajstić information content (AvgIpc) is 3.65. The van der Waals surface area contributed by atoms with Gasteiger partial charge in [0, 0.05) is 41.1 Å². The van der Waals surface area contributed by atoms with Crippen molar-refractivity contribution in [3.63, 3.8) is 0 Å². The van der Waals surface area contributed by atoms with Crippen LogP contribution in [0, 0.1) is 5.92 Å². The lowest BCUT2D eigenvalue weighted by atomic mass is 10.0. The number of nitrogens with zero attached hydrogens (tertiary/aromatic N) is 3. The first kappa shape index (κ1) is 21.6. The van der Waals surface area contributed by atoms with E-state index in [2.05, 4.69) is 41.4 Å². The molecule has 33 heavy (non-hydrogen) atoms. The number of hydrogen-bond donors (Lipinski definition) is 3. The molecule has 1 saturated heterocycles. The summed E-state index contributed by atoms with van der Waals surface area (Å²) in [4.78, 5) is 35.1. The van der Waals surface area contributed by atoms with Gasteiger partial charge in [0.1, 0.15) is 5.82 Å². The minimum Gasteiger partial charge on any atom is -0.465 e. The van der Waals surface area contributed by atoms with E-state index in [0.29, 0.717) is 5.56 Å². The van der Waals surface area contributed by atoms with Crippen LogP contribution in [0.4, 0.5) is 22.0 Å². The molecule has 0 spiro atoms. The van der Waals surface area contributed by atoms with Gasteiger partial charge in [0.15, 0.2) is 5.78 Å². The number of Topliss-reactive ketones (excluding diaryl/α,β-unsaturated/α-hetero) is 1. The number of anilines is 3. The van der Waals surface area contributed by atoms with Gasteiger partial charge in [-0.3, -0.25) is 9.78 Å². The molecule has 2 fully saturated rings. The lowest BCUT2D eigenvalue weighted by Gasteiger charge is -2.32. The number of carbonyl (C=O) groups is 2. The van der Waals surface area contributed by atoms with Crippen LogP contribution in [0.5, 0.6) is 0 Å². The fourth-order valence-electron chi connectivity index (χ4n) is 4.27. The number of halogens is 1. The summed E-state index contributed by atoms with van der Waals surface area (Å²) in [5.74, 6) is 1.08. The molecule has 0 bridgehead atoms. The van der Waals surface area contributed by atoms with E-state index >= 15 is 0 Å². The number of rotatable bonds is 6. The third kappa shape index (κ3) is 4.78. The Kier molecular flexibility index (Phi) is 5.88. The SMILES string of the molecule is O=C(O)NC1CCN(c2ccc(Nc3c(C(=O)C4CC4)cnc4ccc(Br)cc34)cn2)CC1. The minimum atomic E-state index is -0.975. The highest BCUT2D eigenvalue weighted by Gasteiger charge is 2.32. The van der Waals surface area contributed by atoms with Crippen LogP contribution in [-0.2, 0) is 0 Å². The van der Waals surface area contributed by atoms with Crippen molar-refractivity contribution >= 4 is 55.9 Å². The van der Waals surface area contributed by atoms with E-state index in [0.717, 1.165) is 71.3 Å². The zero-order valence-corrected chi connectivity index (χ0v) is 19.5. The maximum Gasteiger partial charge on any atom is 0.404 e. The number of benzene rings is 1. The van der Waals surface area contributed by atoms with E-state index in [4.69, 9.17) is 5.11 Å². The lowest BCUT2D eigenvalue weighted by molar-refractivity contribution is 0.0968. The van der Waals surface area contributed by atoms with Crippen LogP contribution in [0.2, 0.25) is 0 Å². The number of fused-ring (bicyclic) bond motifs is 1. The first-order chi connectivity index (χ1) is 16.0. The maximum absolute atomic E-state index is 12.9. The summed E-state index contributed by atoms with van der Waals surface area (Å²) in [6, 6.07) is 9.74. The van der Waals surface area contributed by atoms with Crippen LogP contribution in [-0.4, -0.2) is 46.1 Å². The average molecular weight is 510 g/mol. The zero-order chi connectivity index (χ0) is 22.9. The van der Waals surface area contributed by atoms with Crippen LogP contribution >= 0.6 is 15.9 Å². The van der Waals surface area contributed by atoms with Crippen molar-refractivity contribution in [1.82, 2.24) is 15.3 Å². The number of carbonyl (C=O) groups excluding carboxylic acids is 1. The summed E-state index contributed by atoms with van der Waals surface area (Å²) in [5.41, 5.74) is 2.97. The Morgan fingerprint density at radius 3 is 2.48 bits per heavy atom. The Bertz CT molecular complexity index is 1200. The van der Waals surface area contributed by atoms with Gasteiger partial charge in [-0.15, -0.1) is 0 Å². The van der Waals surface area contributed by atoms with Gasteiger partial charge in [0.05, 0.1) is 28.7 Å². The predicted octanol–water partition coefficient (Wildman–Crippen LogP) is 4.97. The number of aromatic nitrogens is 2. The fraction of sp³-hybridized carbons (Fsp3) is 0.333. The summed E-state index contributed by atoms with van der Waals surface area (Å²) in [5, 5.41) is 15.8. The summed E-state index contributed by atoms with van der Waals surface area (Å²) >= 11 is 3.53. The molecule has 2 aromatic heterocycles. The number of hydrogen-bond acceptors (Lipinski definition) is 6. The second-order valence-corrected chi connectivity index (χ2v) is 9.50. The fourth-order valence-corrected chi connectivity index (χ4v) is 4.63. The Balaban J connectivity index is 1.37. The van der Waals surface area contributed by atoms with Crippen molar-refractivity contribution in [1.29, 1.82) is 0 Å². The topological polar surface area (TPSA) is 107 Å². The molecule has 2 aliphatic rings. The van der Waals surface area contributed by atoms with Gasteiger partial charge in [-0.1, -0.05) is 15.9 Å². The third-order valence-corrected chi connectivity index (χ3v) is 6.70. The van der Waals surface area contributed by atoms with Crippen LogP contribution < -0.4 is 15.5 Å². The van der Waals surface area contributed by atoms with E-state index < -0.39 is 6.09 Å². The number of pyridine rings is 2. The molecule has 9 heteroatoms.